The zero-order chi connectivity index (χ0) is 23.9. The molecule has 1 N–H and O–H groups in total. The maximum atomic E-state index is 13.1. The number of rotatable bonds is 9. The van der Waals surface area contributed by atoms with Crippen molar-refractivity contribution in [3.8, 4) is 22.5 Å². The summed E-state index contributed by atoms with van der Waals surface area (Å²) in [5.74, 6) is -0.802. The van der Waals surface area contributed by atoms with E-state index in [0.29, 0.717) is 33.1 Å². The van der Waals surface area contributed by atoms with Crippen molar-refractivity contribution in [3.63, 3.8) is 0 Å². The average molecular weight is 481 g/mol. The third-order valence-corrected chi connectivity index (χ3v) is 5.67. The fourth-order valence-electron chi connectivity index (χ4n) is 3.23. The molecule has 0 aliphatic heterocycles. The summed E-state index contributed by atoms with van der Waals surface area (Å²) >= 11 is 1.24. The predicted molar refractivity (Wildman–Crippen MR) is 126 cm³/mol. The molecule has 2 aromatic carbocycles. The predicted octanol–water partition coefficient (Wildman–Crippen LogP) is 5.54. The van der Waals surface area contributed by atoms with Crippen LogP contribution in [0.1, 0.15) is 23.0 Å². The molecule has 9 heteroatoms. The van der Waals surface area contributed by atoms with Gasteiger partial charge in [-0.25, -0.2) is 9.18 Å². The number of amides is 1. The SMILES string of the molecule is CCOC(=O)c1c(-c2ccccc2)csc1NC(=O)COCc1cc(-c2ccc(F)cc2)on1. The monoisotopic (exact) mass is 480 g/mol. The molecule has 4 rings (SSSR count). The molecule has 2 heterocycles. The summed E-state index contributed by atoms with van der Waals surface area (Å²) in [6.45, 7) is 1.74. The number of carbonyl (C=O) groups excluding carboxylic acids is 2. The van der Waals surface area contributed by atoms with E-state index in [4.69, 9.17) is 14.0 Å². The lowest BCUT2D eigenvalue weighted by Crippen LogP contribution is -2.19. The summed E-state index contributed by atoms with van der Waals surface area (Å²) < 4.78 is 29.0. The summed E-state index contributed by atoms with van der Waals surface area (Å²) in [6, 6.07) is 16.9. The van der Waals surface area contributed by atoms with Crippen LogP contribution in [0.5, 0.6) is 0 Å². The van der Waals surface area contributed by atoms with Gasteiger partial charge < -0.3 is 19.3 Å². The summed E-state index contributed by atoms with van der Waals surface area (Å²) in [6.07, 6.45) is 0. The molecule has 0 atom stereocenters. The minimum Gasteiger partial charge on any atom is -0.462 e. The average Bonchev–Trinajstić information content (AvgIpc) is 3.48. The first-order valence-corrected chi connectivity index (χ1v) is 11.4. The number of nitrogens with zero attached hydrogens (tertiary/aromatic N) is 1. The van der Waals surface area contributed by atoms with Gasteiger partial charge in [0.15, 0.2) is 5.76 Å². The molecule has 0 aliphatic rings. The van der Waals surface area contributed by atoms with Gasteiger partial charge in [0.25, 0.3) is 5.91 Å². The molecule has 0 unspecified atom stereocenters. The highest BCUT2D eigenvalue weighted by atomic mass is 32.1. The van der Waals surface area contributed by atoms with Gasteiger partial charge in [0.05, 0.1) is 13.2 Å². The second-order valence-electron chi connectivity index (χ2n) is 7.17. The van der Waals surface area contributed by atoms with Gasteiger partial charge in [-0.1, -0.05) is 35.5 Å². The van der Waals surface area contributed by atoms with Crippen LogP contribution in [0.4, 0.5) is 9.39 Å². The highest BCUT2D eigenvalue weighted by Gasteiger charge is 2.22. The number of hydrogen-bond donors (Lipinski definition) is 1. The number of halogens is 1. The van der Waals surface area contributed by atoms with Crippen LogP contribution < -0.4 is 5.32 Å². The highest BCUT2D eigenvalue weighted by molar-refractivity contribution is 7.15. The Bertz CT molecular complexity index is 1270. The Kier molecular flexibility index (Phi) is 7.46. The first-order valence-electron chi connectivity index (χ1n) is 10.5. The van der Waals surface area contributed by atoms with E-state index in [1.165, 1.54) is 23.5 Å². The Hall–Kier alpha value is -3.82. The summed E-state index contributed by atoms with van der Waals surface area (Å²) in [5, 5.41) is 8.85. The van der Waals surface area contributed by atoms with Crippen LogP contribution in [0, 0.1) is 5.82 Å². The minimum atomic E-state index is -0.505. The van der Waals surface area contributed by atoms with Gasteiger partial charge in [-0.15, -0.1) is 11.3 Å². The number of esters is 1. The van der Waals surface area contributed by atoms with Gasteiger partial charge in [-0.3, -0.25) is 4.79 Å². The van der Waals surface area contributed by atoms with Crippen molar-refractivity contribution in [2.45, 2.75) is 13.5 Å². The first kappa shape index (κ1) is 23.3. The molecule has 0 aliphatic carbocycles. The third-order valence-electron chi connectivity index (χ3n) is 4.78. The molecule has 0 fully saturated rings. The molecular weight excluding hydrogens is 459 g/mol. The van der Waals surface area contributed by atoms with Crippen LogP contribution in [0.15, 0.2) is 70.6 Å². The Morgan fingerprint density at radius 2 is 1.85 bits per heavy atom. The lowest BCUT2D eigenvalue weighted by molar-refractivity contribution is -0.121. The maximum Gasteiger partial charge on any atom is 0.341 e. The molecule has 0 spiro atoms. The Labute approximate surface area is 199 Å². The van der Waals surface area contributed by atoms with E-state index in [0.717, 1.165) is 5.56 Å². The van der Waals surface area contributed by atoms with Crippen LogP contribution in [0.25, 0.3) is 22.5 Å². The second kappa shape index (κ2) is 10.9. The number of thiophene rings is 1. The zero-order valence-electron chi connectivity index (χ0n) is 18.2. The van der Waals surface area contributed by atoms with Gasteiger partial charge >= 0.3 is 5.97 Å². The molecule has 4 aromatic rings. The fraction of sp³-hybridized carbons (Fsp3) is 0.160. The Balaban J connectivity index is 1.38. The molecule has 1 amide bonds. The second-order valence-corrected chi connectivity index (χ2v) is 8.05. The van der Waals surface area contributed by atoms with E-state index in [1.54, 1.807) is 25.1 Å². The molecular formula is C25H21FN2O5S. The van der Waals surface area contributed by atoms with E-state index in [1.807, 2.05) is 35.7 Å². The molecule has 0 bridgehead atoms. The fourth-order valence-corrected chi connectivity index (χ4v) is 4.20. The smallest absolute Gasteiger partial charge is 0.341 e. The summed E-state index contributed by atoms with van der Waals surface area (Å²) in [7, 11) is 0. The van der Waals surface area contributed by atoms with Crippen LogP contribution in [-0.2, 0) is 20.9 Å². The number of benzene rings is 2. The lowest BCUT2D eigenvalue weighted by Gasteiger charge is -2.09. The van der Waals surface area contributed by atoms with E-state index in [9.17, 15) is 14.0 Å². The summed E-state index contributed by atoms with van der Waals surface area (Å²) in [5.41, 5.74) is 3.02. The zero-order valence-corrected chi connectivity index (χ0v) is 19.1. The van der Waals surface area contributed by atoms with E-state index >= 15 is 0 Å². The molecule has 0 saturated carbocycles. The van der Waals surface area contributed by atoms with Crippen molar-refractivity contribution in [1.29, 1.82) is 0 Å². The van der Waals surface area contributed by atoms with E-state index in [2.05, 4.69) is 10.5 Å². The van der Waals surface area contributed by atoms with Gasteiger partial charge in [0.1, 0.15) is 28.7 Å². The van der Waals surface area contributed by atoms with Crippen molar-refractivity contribution in [2.24, 2.45) is 0 Å². The molecule has 0 saturated heterocycles. The lowest BCUT2D eigenvalue weighted by atomic mass is 10.0. The summed E-state index contributed by atoms with van der Waals surface area (Å²) in [4.78, 5) is 25.1. The van der Waals surface area contributed by atoms with Crippen LogP contribution >= 0.6 is 11.3 Å². The van der Waals surface area contributed by atoms with Gasteiger partial charge in [0.2, 0.25) is 0 Å². The Morgan fingerprint density at radius 1 is 1.09 bits per heavy atom. The topological polar surface area (TPSA) is 90.7 Å². The number of ether oxygens (including phenoxy) is 2. The number of anilines is 1. The standard InChI is InChI=1S/C25H21FN2O5S/c1-2-32-25(30)23-20(16-6-4-3-5-7-16)15-34-24(23)27-22(29)14-31-13-19-12-21(33-28-19)17-8-10-18(26)11-9-17/h3-12,15H,2,13-14H2,1H3,(H,27,29). The van der Waals surface area contributed by atoms with Crippen molar-refractivity contribution in [1.82, 2.24) is 5.16 Å². The quantitative estimate of drug-likeness (QED) is 0.316. The van der Waals surface area contributed by atoms with Crippen molar-refractivity contribution in [3.05, 3.63) is 83.1 Å². The molecule has 2 aromatic heterocycles. The Morgan fingerprint density at radius 3 is 2.59 bits per heavy atom. The van der Waals surface area contributed by atoms with Crippen molar-refractivity contribution >= 4 is 28.2 Å². The van der Waals surface area contributed by atoms with Crippen LogP contribution in [-0.4, -0.2) is 30.2 Å². The molecule has 7 nitrogen and oxygen atoms in total. The van der Waals surface area contributed by atoms with Gasteiger partial charge in [0, 0.05) is 22.6 Å². The number of nitrogens with one attached hydrogen (secondary N) is 1. The number of carbonyl (C=O) groups is 2. The van der Waals surface area contributed by atoms with Crippen molar-refractivity contribution in [2.75, 3.05) is 18.5 Å². The van der Waals surface area contributed by atoms with Crippen molar-refractivity contribution < 1.29 is 28.0 Å². The first-order chi connectivity index (χ1) is 16.5. The number of aromatic nitrogens is 1. The molecule has 34 heavy (non-hydrogen) atoms. The normalized spacial score (nSPS) is 10.8. The van der Waals surface area contributed by atoms with E-state index < -0.39 is 11.9 Å². The minimum absolute atomic E-state index is 0.0442. The molecule has 0 radical (unpaired) electrons. The van der Waals surface area contributed by atoms with Gasteiger partial charge in [-0.05, 0) is 36.8 Å². The van der Waals surface area contributed by atoms with Crippen LogP contribution in [0.3, 0.4) is 0 Å². The highest BCUT2D eigenvalue weighted by Crippen LogP contribution is 2.36. The largest absolute Gasteiger partial charge is 0.462 e. The molecule has 174 valence electrons. The van der Waals surface area contributed by atoms with Crippen LogP contribution in [0.2, 0.25) is 0 Å². The maximum absolute atomic E-state index is 13.1. The number of hydrogen-bond acceptors (Lipinski definition) is 7. The third kappa shape index (κ3) is 5.56. The van der Waals surface area contributed by atoms with Gasteiger partial charge in [-0.2, -0.15) is 0 Å². The van der Waals surface area contributed by atoms with E-state index in [-0.39, 0.29) is 25.6 Å².